The standard InChI is InChI=1S/C20H32O7/c1-9(2)11-13(22)18(25)14(4)8-17(24)15(11,5)20(18,26)19(27-17)12(21)10(3)6-7-16(14,19)23/h9-13,21-26H,6-8H2,1-5H3/t10-,11-,12+,13+,14-,15+,16-,17-,18+,19+,20+/m0/s1. The van der Waals surface area contributed by atoms with E-state index in [1.54, 1.807) is 13.8 Å². The highest BCUT2D eigenvalue weighted by molar-refractivity contribution is 5.53. The third kappa shape index (κ3) is 1.18. The molecule has 6 bridgehead atoms. The number of aliphatic hydroxyl groups excluding tert-OH is 2. The van der Waals surface area contributed by atoms with Crippen molar-refractivity contribution in [3.8, 4) is 0 Å². The lowest BCUT2D eigenvalue weighted by molar-refractivity contribution is -0.386. The van der Waals surface area contributed by atoms with E-state index in [9.17, 15) is 30.6 Å². The molecule has 0 amide bonds. The largest absolute Gasteiger partial charge is 0.390 e. The third-order valence-corrected chi connectivity index (χ3v) is 10.0. The molecule has 0 aromatic carbocycles. The van der Waals surface area contributed by atoms with Crippen LogP contribution in [0.5, 0.6) is 0 Å². The van der Waals surface area contributed by atoms with Crippen molar-refractivity contribution in [2.45, 2.75) is 94.3 Å². The fourth-order valence-corrected chi connectivity index (χ4v) is 8.91. The number of aliphatic hydroxyl groups is 6. The first-order chi connectivity index (χ1) is 12.2. The van der Waals surface area contributed by atoms with Crippen LogP contribution in [0.4, 0.5) is 0 Å². The minimum absolute atomic E-state index is 0.116. The molecule has 1 spiro atoms. The molecule has 27 heavy (non-hydrogen) atoms. The Hall–Kier alpha value is -0.280. The predicted octanol–water partition coefficient (Wildman–Crippen LogP) is -0.495. The lowest BCUT2D eigenvalue weighted by atomic mass is 9.53. The van der Waals surface area contributed by atoms with Crippen molar-refractivity contribution in [2.75, 3.05) is 0 Å². The van der Waals surface area contributed by atoms with Gasteiger partial charge in [-0.15, -0.1) is 0 Å². The summed E-state index contributed by atoms with van der Waals surface area (Å²) >= 11 is 0. The van der Waals surface area contributed by atoms with Gasteiger partial charge in [-0.05, 0) is 24.7 Å². The summed E-state index contributed by atoms with van der Waals surface area (Å²) in [4.78, 5) is 0. The Morgan fingerprint density at radius 3 is 2.15 bits per heavy atom. The van der Waals surface area contributed by atoms with Gasteiger partial charge in [0.05, 0.1) is 17.6 Å². The van der Waals surface area contributed by atoms with E-state index in [1.807, 2.05) is 20.8 Å². The first-order valence-electron chi connectivity index (χ1n) is 10.1. The lowest BCUT2D eigenvalue weighted by Gasteiger charge is -2.60. The maximum absolute atomic E-state index is 12.3. The summed E-state index contributed by atoms with van der Waals surface area (Å²) in [6.45, 7) is 8.79. The van der Waals surface area contributed by atoms with Crippen LogP contribution >= 0.6 is 0 Å². The molecule has 7 heteroatoms. The van der Waals surface area contributed by atoms with E-state index in [0.717, 1.165) is 0 Å². The molecule has 6 aliphatic rings. The minimum atomic E-state index is -2.20. The van der Waals surface area contributed by atoms with Gasteiger partial charge in [0.15, 0.2) is 11.4 Å². The molecule has 11 atom stereocenters. The predicted molar refractivity (Wildman–Crippen MR) is 93.2 cm³/mol. The Kier molecular flexibility index (Phi) is 2.96. The third-order valence-electron chi connectivity index (χ3n) is 10.0. The van der Waals surface area contributed by atoms with Crippen molar-refractivity contribution < 1.29 is 35.4 Å². The zero-order valence-electron chi connectivity index (χ0n) is 16.6. The van der Waals surface area contributed by atoms with E-state index in [1.165, 1.54) is 0 Å². The maximum atomic E-state index is 12.3. The highest BCUT2D eigenvalue weighted by Gasteiger charge is 3.07. The summed E-state index contributed by atoms with van der Waals surface area (Å²) in [5, 5.41) is 70.5. The van der Waals surface area contributed by atoms with E-state index in [0.29, 0.717) is 6.42 Å². The summed E-state index contributed by atoms with van der Waals surface area (Å²) in [7, 11) is 0. The van der Waals surface area contributed by atoms with Crippen LogP contribution in [0.1, 0.15) is 53.9 Å². The summed E-state index contributed by atoms with van der Waals surface area (Å²) in [5.41, 5.74) is -11.0. The molecule has 7 nitrogen and oxygen atoms in total. The molecule has 154 valence electrons. The van der Waals surface area contributed by atoms with Crippen molar-refractivity contribution in [3.63, 3.8) is 0 Å². The number of hydrogen-bond acceptors (Lipinski definition) is 7. The molecule has 4 aliphatic carbocycles. The molecule has 0 radical (unpaired) electrons. The first kappa shape index (κ1) is 18.7. The molecule has 2 saturated heterocycles. The molecule has 6 fully saturated rings. The van der Waals surface area contributed by atoms with Crippen LogP contribution in [0.2, 0.25) is 0 Å². The molecule has 2 heterocycles. The van der Waals surface area contributed by atoms with Crippen molar-refractivity contribution >= 4 is 0 Å². The van der Waals surface area contributed by atoms with Gasteiger partial charge < -0.3 is 35.4 Å². The van der Waals surface area contributed by atoms with Gasteiger partial charge in [-0.3, -0.25) is 0 Å². The van der Waals surface area contributed by atoms with Gasteiger partial charge in [-0.2, -0.15) is 0 Å². The normalized spacial score (nSPS) is 71.6. The summed E-state index contributed by atoms with van der Waals surface area (Å²) in [6, 6.07) is 0. The van der Waals surface area contributed by atoms with E-state index in [2.05, 4.69) is 0 Å². The van der Waals surface area contributed by atoms with Gasteiger partial charge in [-0.25, -0.2) is 0 Å². The van der Waals surface area contributed by atoms with Crippen LogP contribution in [0.3, 0.4) is 0 Å². The van der Waals surface area contributed by atoms with Crippen LogP contribution in [0.25, 0.3) is 0 Å². The van der Waals surface area contributed by atoms with E-state index >= 15 is 0 Å². The van der Waals surface area contributed by atoms with Crippen LogP contribution < -0.4 is 0 Å². The Morgan fingerprint density at radius 1 is 1.00 bits per heavy atom. The smallest absolute Gasteiger partial charge is 0.176 e. The van der Waals surface area contributed by atoms with E-state index in [-0.39, 0.29) is 24.7 Å². The Bertz CT molecular complexity index is 744. The summed E-state index contributed by atoms with van der Waals surface area (Å²) in [5.74, 6) is -3.03. The Morgan fingerprint density at radius 2 is 1.59 bits per heavy atom. The van der Waals surface area contributed by atoms with Crippen LogP contribution in [0, 0.1) is 28.6 Å². The van der Waals surface area contributed by atoms with Crippen LogP contribution in [-0.4, -0.2) is 71.0 Å². The second-order valence-electron chi connectivity index (χ2n) is 10.8. The average Bonchev–Trinajstić information content (AvgIpc) is 2.80. The van der Waals surface area contributed by atoms with Gasteiger partial charge in [0.2, 0.25) is 0 Å². The molecule has 2 aliphatic heterocycles. The number of hydrogen-bond donors (Lipinski definition) is 6. The molecular formula is C20H32O7. The van der Waals surface area contributed by atoms with Crippen molar-refractivity contribution in [3.05, 3.63) is 0 Å². The van der Waals surface area contributed by atoms with Crippen molar-refractivity contribution in [2.24, 2.45) is 28.6 Å². The Labute approximate surface area is 159 Å². The fourth-order valence-electron chi connectivity index (χ4n) is 8.91. The molecular weight excluding hydrogens is 352 g/mol. The van der Waals surface area contributed by atoms with Crippen LogP contribution in [-0.2, 0) is 4.74 Å². The van der Waals surface area contributed by atoms with E-state index in [4.69, 9.17) is 4.74 Å². The lowest BCUT2D eigenvalue weighted by Crippen LogP contribution is -2.74. The highest BCUT2D eigenvalue weighted by atomic mass is 16.7. The minimum Gasteiger partial charge on any atom is -0.390 e. The molecule has 0 aromatic heterocycles. The quantitative estimate of drug-likeness (QED) is 0.359. The maximum Gasteiger partial charge on any atom is 0.176 e. The van der Waals surface area contributed by atoms with Crippen LogP contribution in [0.15, 0.2) is 0 Å². The van der Waals surface area contributed by atoms with Crippen molar-refractivity contribution in [1.82, 2.24) is 0 Å². The van der Waals surface area contributed by atoms with Gasteiger partial charge in [0, 0.05) is 17.8 Å². The zero-order valence-corrected chi connectivity index (χ0v) is 16.6. The molecule has 0 unspecified atom stereocenters. The second-order valence-corrected chi connectivity index (χ2v) is 10.8. The molecule has 6 rings (SSSR count). The van der Waals surface area contributed by atoms with E-state index < -0.39 is 57.1 Å². The van der Waals surface area contributed by atoms with Gasteiger partial charge >= 0.3 is 0 Å². The van der Waals surface area contributed by atoms with Gasteiger partial charge in [-0.1, -0.05) is 34.6 Å². The molecule has 4 saturated carbocycles. The summed E-state index contributed by atoms with van der Waals surface area (Å²) < 4.78 is 6.15. The summed E-state index contributed by atoms with van der Waals surface area (Å²) in [6.07, 6.45) is -2.08. The van der Waals surface area contributed by atoms with Crippen molar-refractivity contribution in [1.29, 1.82) is 0 Å². The highest BCUT2D eigenvalue weighted by Crippen LogP contribution is 2.89. The molecule has 0 aromatic rings. The number of rotatable bonds is 1. The number of ether oxygens (including phenoxy) is 1. The monoisotopic (exact) mass is 384 g/mol. The van der Waals surface area contributed by atoms with Gasteiger partial charge in [0.25, 0.3) is 0 Å². The fraction of sp³-hybridized carbons (Fsp3) is 1.00. The second kappa shape index (κ2) is 4.26. The first-order valence-corrected chi connectivity index (χ1v) is 10.1. The molecule has 6 N–H and O–H groups in total. The topological polar surface area (TPSA) is 131 Å². The average molecular weight is 384 g/mol. The Balaban J connectivity index is 1.94. The zero-order chi connectivity index (χ0) is 20.2. The van der Waals surface area contributed by atoms with Gasteiger partial charge in [0.1, 0.15) is 16.8 Å². The SMILES string of the molecule is CC(C)[C@H]1[C@@H](O)[C@@]2(O)[C@@]3(C)C[C@]4(O)O[C@@]5([C@H](O)[C@@H](C)CC[C@]35O)[C@@]2(O)[C@]14C.